The Labute approximate surface area is 222 Å². The van der Waals surface area contributed by atoms with Gasteiger partial charge in [0.1, 0.15) is 28.9 Å². The summed E-state index contributed by atoms with van der Waals surface area (Å²) in [6.45, 7) is 2.27. The Kier molecular flexibility index (Phi) is 5.89. The van der Waals surface area contributed by atoms with Crippen molar-refractivity contribution in [2.75, 3.05) is 17.6 Å². The largest absolute Gasteiger partial charge is 0.445 e. The maximum absolute atomic E-state index is 13.9. The molecule has 6 rings (SSSR count). The smallest absolute Gasteiger partial charge is 0.270 e. The fraction of sp³-hybridized carbons (Fsp3) is 0.107. The van der Waals surface area contributed by atoms with Crippen LogP contribution < -0.4 is 21.9 Å². The van der Waals surface area contributed by atoms with E-state index in [0.717, 1.165) is 5.56 Å². The SMILES string of the molecule is CC(NC(=O)c1c(N)nn2c1NCC=C2)c1nc2occ(C#Cc3ccncc3)c2c(=O)n1-c1ccccc1. The maximum atomic E-state index is 13.9. The van der Waals surface area contributed by atoms with Gasteiger partial charge in [-0.1, -0.05) is 30.0 Å². The number of para-hydroxylation sites is 1. The third kappa shape index (κ3) is 4.30. The monoisotopic (exact) mass is 518 g/mol. The van der Waals surface area contributed by atoms with Crippen molar-refractivity contribution in [1.82, 2.24) is 29.6 Å². The second-order valence-electron chi connectivity index (χ2n) is 8.78. The molecule has 5 heterocycles. The highest BCUT2D eigenvalue weighted by molar-refractivity contribution is 6.04. The van der Waals surface area contributed by atoms with Gasteiger partial charge in [-0.2, -0.15) is 4.98 Å². The van der Waals surface area contributed by atoms with Crippen LogP contribution in [0.3, 0.4) is 0 Å². The molecule has 0 radical (unpaired) electrons. The molecule has 0 bridgehead atoms. The number of hydrogen-bond acceptors (Lipinski definition) is 8. The average molecular weight is 519 g/mol. The van der Waals surface area contributed by atoms with Crippen LogP contribution in [0.4, 0.5) is 11.6 Å². The normalized spacial score (nSPS) is 12.7. The van der Waals surface area contributed by atoms with Crippen molar-refractivity contribution in [3.63, 3.8) is 0 Å². The molecule has 4 aromatic heterocycles. The predicted octanol–water partition coefficient (Wildman–Crippen LogP) is 2.94. The van der Waals surface area contributed by atoms with Crippen molar-refractivity contribution in [2.24, 2.45) is 0 Å². The number of nitrogen functional groups attached to an aromatic ring is 1. The number of carbonyl (C=O) groups excluding carboxylic acids is 1. The number of anilines is 2. The lowest BCUT2D eigenvalue weighted by Crippen LogP contribution is -2.33. The third-order valence-corrected chi connectivity index (χ3v) is 6.20. The molecule has 0 saturated carbocycles. The van der Waals surface area contributed by atoms with Crippen LogP contribution in [0, 0.1) is 11.8 Å². The summed E-state index contributed by atoms with van der Waals surface area (Å²) in [5.74, 6) is 6.43. The molecule has 1 aromatic carbocycles. The maximum Gasteiger partial charge on any atom is 0.270 e. The number of fused-ring (bicyclic) bond motifs is 2. The molecule has 11 nitrogen and oxygen atoms in total. The summed E-state index contributed by atoms with van der Waals surface area (Å²) < 4.78 is 8.64. The number of benzene rings is 1. The lowest BCUT2D eigenvalue weighted by Gasteiger charge is -2.19. The van der Waals surface area contributed by atoms with E-state index in [1.807, 2.05) is 24.3 Å². The summed E-state index contributed by atoms with van der Waals surface area (Å²) in [4.78, 5) is 35.9. The summed E-state index contributed by atoms with van der Waals surface area (Å²) in [7, 11) is 0. The molecule has 1 aliphatic heterocycles. The van der Waals surface area contributed by atoms with Gasteiger partial charge in [0.15, 0.2) is 5.82 Å². The zero-order chi connectivity index (χ0) is 26.9. The summed E-state index contributed by atoms with van der Waals surface area (Å²) >= 11 is 0. The number of pyridine rings is 1. The Morgan fingerprint density at radius 2 is 1.97 bits per heavy atom. The second kappa shape index (κ2) is 9.68. The zero-order valence-electron chi connectivity index (χ0n) is 20.8. The van der Waals surface area contributed by atoms with Gasteiger partial charge in [0.05, 0.1) is 17.3 Å². The molecule has 39 heavy (non-hydrogen) atoms. The minimum atomic E-state index is -0.708. The summed E-state index contributed by atoms with van der Waals surface area (Å²) in [5, 5.41) is 10.5. The molecule has 1 amide bonds. The molecule has 0 fully saturated rings. The van der Waals surface area contributed by atoms with Crippen molar-refractivity contribution in [1.29, 1.82) is 0 Å². The van der Waals surface area contributed by atoms with E-state index in [9.17, 15) is 9.59 Å². The highest BCUT2D eigenvalue weighted by atomic mass is 16.3. The summed E-state index contributed by atoms with van der Waals surface area (Å²) in [6.07, 6.45) is 8.29. The number of nitrogens with zero attached hydrogens (tertiary/aromatic N) is 5. The molecule has 11 heteroatoms. The number of nitrogens with two attached hydrogens (primary N) is 1. The fourth-order valence-electron chi connectivity index (χ4n) is 4.38. The van der Waals surface area contributed by atoms with Crippen LogP contribution in [0.15, 0.2) is 76.4 Å². The fourth-order valence-corrected chi connectivity index (χ4v) is 4.38. The Balaban J connectivity index is 1.43. The minimum Gasteiger partial charge on any atom is -0.445 e. The van der Waals surface area contributed by atoms with Crippen LogP contribution in [-0.4, -0.2) is 36.8 Å². The first-order valence-electron chi connectivity index (χ1n) is 12.1. The van der Waals surface area contributed by atoms with Gasteiger partial charge in [0.2, 0.25) is 5.71 Å². The van der Waals surface area contributed by atoms with E-state index in [0.29, 0.717) is 23.6 Å². The van der Waals surface area contributed by atoms with Crippen LogP contribution in [0.2, 0.25) is 0 Å². The minimum absolute atomic E-state index is 0.0843. The van der Waals surface area contributed by atoms with Gasteiger partial charge in [0.25, 0.3) is 11.5 Å². The average Bonchev–Trinajstić information content (AvgIpc) is 3.52. The van der Waals surface area contributed by atoms with Gasteiger partial charge in [-0.05, 0) is 37.3 Å². The van der Waals surface area contributed by atoms with Crippen LogP contribution >= 0.6 is 0 Å². The predicted molar refractivity (Wildman–Crippen MR) is 146 cm³/mol. The first-order chi connectivity index (χ1) is 19.0. The topological polar surface area (TPSA) is 146 Å². The number of hydrogen-bond donors (Lipinski definition) is 3. The van der Waals surface area contributed by atoms with Gasteiger partial charge >= 0.3 is 0 Å². The van der Waals surface area contributed by atoms with Crippen LogP contribution in [0.25, 0.3) is 23.0 Å². The Hall–Kier alpha value is -5.63. The molecular formula is C28H22N8O3. The molecular weight excluding hydrogens is 496 g/mol. The van der Waals surface area contributed by atoms with E-state index in [1.165, 1.54) is 15.5 Å². The molecule has 0 spiro atoms. The van der Waals surface area contributed by atoms with Gasteiger partial charge in [0, 0.05) is 30.7 Å². The number of amides is 1. The molecule has 5 aromatic rings. The van der Waals surface area contributed by atoms with Crippen molar-refractivity contribution in [3.05, 3.63) is 100 Å². The number of aromatic nitrogens is 5. The van der Waals surface area contributed by atoms with Gasteiger partial charge in [-0.3, -0.25) is 19.1 Å². The van der Waals surface area contributed by atoms with Crippen molar-refractivity contribution >= 4 is 34.8 Å². The Morgan fingerprint density at radius 3 is 2.77 bits per heavy atom. The van der Waals surface area contributed by atoms with E-state index in [2.05, 4.69) is 37.5 Å². The molecule has 4 N–H and O–H groups in total. The standard InChI is InChI=1S/C28H22N8O3/c1-17(32-26(37)22-23(29)34-35-15-5-12-31-25(22)35)24-33-27-21(28(38)36(24)20-6-3-2-4-7-20)19(16-39-27)9-8-18-10-13-30-14-11-18/h2-7,10-11,13-17,31H,12H2,1H3,(H2,29,34)(H,32,37). The molecule has 0 saturated heterocycles. The number of nitrogens with one attached hydrogen (secondary N) is 2. The van der Waals surface area contributed by atoms with E-state index < -0.39 is 11.9 Å². The highest BCUT2D eigenvalue weighted by Crippen LogP contribution is 2.26. The molecule has 1 aliphatic rings. The zero-order valence-corrected chi connectivity index (χ0v) is 20.8. The third-order valence-electron chi connectivity index (χ3n) is 6.20. The van der Waals surface area contributed by atoms with Crippen LogP contribution in [0.5, 0.6) is 0 Å². The van der Waals surface area contributed by atoms with E-state index in [4.69, 9.17) is 10.2 Å². The van der Waals surface area contributed by atoms with Gasteiger partial charge in [-0.25, -0.2) is 4.68 Å². The van der Waals surface area contributed by atoms with Gasteiger partial charge in [-0.15, -0.1) is 5.10 Å². The lowest BCUT2D eigenvalue weighted by molar-refractivity contribution is 0.0939. The van der Waals surface area contributed by atoms with Crippen LogP contribution in [-0.2, 0) is 0 Å². The van der Waals surface area contributed by atoms with Crippen molar-refractivity contribution in [2.45, 2.75) is 13.0 Å². The lowest BCUT2D eigenvalue weighted by atomic mass is 10.2. The van der Waals surface area contributed by atoms with Crippen LogP contribution in [0.1, 0.15) is 40.3 Å². The molecule has 1 unspecified atom stereocenters. The van der Waals surface area contributed by atoms with E-state index in [-0.39, 0.29) is 33.9 Å². The van der Waals surface area contributed by atoms with E-state index in [1.54, 1.807) is 49.8 Å². The number of furan rings is 1. The molecule has 192 valence electrons. The van der Waals surface area contributed by atoms with Crippen molar-refractivity contribution < 1.29 is 9.21 Å². The molecule has 0 aliphatic carbocycles. The first kappa shape index (κ1) is 23.7. The highest BCUT2D eigenvalue weighted by Gasteiger charge is 2.27. The van der Waals surface area contributed by atoms with Gasteiger partial charge < -0.3 is 20.8 Å². The quantitative estimate of drug-likeness (QED) is 0.308. The second-order valence-corrected chi connectivity index (χ2v) is 8.78. The number of rotatable bonds is 4. The molecule has 1 atom stereocenters. The Morgan fingerprint density at radius 1 is 1.18 bits per heavy atom. The summed E-state index contributed by atoms with van der Waals surface area (Å²) in [6, 6.07) is 11.9. The Bertz CT molecular complexity index is 1860. The first-order valence-corrected chi connectivity index (χ1v) is 12.1. The summed E-state index contributed by atoms with van der Waals surface area (Å²) in [5.41, 5.74) is 7.76. The number of carbonyl (C=O) groups is 1. The van der Waals surface area contributed by atoms with E-state index >= 15 is 0 Å². The van der Waals surface area contributed by atoms with Crippen molar-refractivity contribution in [3.8, 4) is 17.5 Å².